The standard InChI is InChI=1S/C15H21Br2N3/c1-4-10-13(7-16)11(5-2)15(9-19-20-18)12(6-3)14(10)8-17/h4-9H2,1-3H3. The summed E-state index contributed by atoms with van der Waals surface area (Å²) < 4.78 is 0. The smallest absolute Gasteiger partial charge is 0.0516 e. The Balaban J connectivity index is 3.73. The highest BCUT2D eigenvalue weighted by Crippen LogP contribution is 2.33. The molecule has 0 amide bonds. The maximum atomic E-state index is 8.65. The molecule has 0 aliphatic rings. The number of azide groups is 1. The molecule has 0 bridgehead atoms. The molecule has 0 unspecified atom stereocenters. The van der Waals surface area contributed by atoms with Crippen LogP contribution in [0.5, 0.6) is 0 Å². The van der Waals surface area contributed by atoms with E-state index in [4.69, 9.17) is 5.53 Å². The molecule has 5 heteroatoms. The molecule has 0 heterocycles. The van der Waals surface area contributed by atoms with Gasteiger partial charge in [0.1, 0.15) is 0 Å². The number of nitrogens with zero attached hydrogens (tertiary/aromatic N) is 3. The Labute approximate surface area is 138 Å². The third kappa shape index (κ3) is 3.38. The van der Waals surface area contributed by atoms with E-state index in [1.54, 1.807) is 0 Å². The van der Waals surface area contributed by atoms with Gasteiger partial charge >= 0.3 is 0 Å². The van der Waals surface area contributed by atoms with Gasteiger partial charge in [0, 0.05) is 15.6 Å². The normalized spacial score (nSPS) is 10.4. The highest BCUT2D eigenvalue weighted by Gasteiger charge is 2.19. The molecule has 0 aliphatic carbocycles. The van der Waals surface area contributed by atoms with Crippen LogP contribution in [0, 0.1) is 0 Å². The summed E-state index contributed by atoms with van der Waals surface area (Å²) in [5, 5.41) is 5.52. The molecule has 0 saturated heterocycles. The fraction of sp³-hybridized carbons (Fsp3) is 0.600. The molecule has 3 nitrogen and oxygen atoms in total. The van der Waals surface area contributed by atoms with Crippen molar-refractivity contribution in [3.63, 3.8) is 0 Å². The minimum absolute atomic E-state index is 0.451. The highest BCUT2D eigenvalue weighted by molar-refractivity contribution is 9.08. The van der Waals surface area contributed by atoms with E-state index in [1.165, 1.54) is 33.4 Å². The van der Waals surface area contributed by atoms with Crippen molar-refractivity contribution in [2.45, 2.75) is 57.2 Å². The summed E-state index contributed by atoms with van der Waals surface area (Å²) in [6.07, 6.45) is 2.98. The van der Waals surface area contributed by atoms with Crippen molar-refractivity contribution >= 4 is 31.9 Å². The number of rotatable bonds is 7. The Hall–Kier alpha value is -0.510. The van der Waals surface area contributed by atoms with E-state index in [0.29, 0.717) is 6.54 Å². The van der Waals surface area contributed by atoms with E-state index in [9.17, 15) is 0 Å². The summed E-state index contributed by atoms with van der Waals surface area (Å²) in [5.74, 6) is 0. The molecule has 0 fully saturated rings. The Morgan fingerprint density at radius 1 is 0.800 bits per heavy atom. The lowest BCUT2D eigenvalue weighted by molar-refractivity contribution is 0.901. The summed E-state index contributed by atoms with van der Waals surface area (Å²) in [4.78, 5) is 2.94. The zero-order chi connectivity index (χ0) is 15.1. The summed E-state index contributed by atoms with van der Waals surface area (Å²) in [7, 11) is 0. The van der Waals surface area contributed by atoms with Gasteiger partial charge < -0.3 is 0 Å². The van der Waals surface area contributed by atoms with E-state index < -0.39 is 0 Å². The molecule has 0 aliphatic heterocycles. The van der Waals surface area contributed by atoms with Crippen LogP contribution in [-0.2, 0) is 36.5 Å². The van der Waals surface area contributed by atoms with Gasteiger partial charge in [-0.1, -0.05) is 57.7 Å². The topological polar surface area (TPSA) is 48.8 Å². The van der Waals surface area contributed by atoms with Gasteiger partial charge in [-0.2, -0.15) is 0 Å². The predicted octanol–water partition coefficient (Wildman–Crippen LogP) is 5.97. The number of hydrogen-bond donors (Lipinski definition) is 0. The molecular weight excluding hydrogens is 382 g/mol. The molecule has 1 aromatic carbocycles. The van der Waals surface area contributed by atoms with E-state index in [1.807, 2.05) is 0 Å². The van der Waals surface area contributed by atoms with Crippen LogP contribution in [0.1, 0.15) is 54.2 Å². The Bertz CT molecular complexity index is 487. The first-order chi connectivity index (χ1) is 9.69. The largest absolute Gasteiger partial charge is 0.0893 e. The van der Waals surface area contributed by atoms with Crippen LogP contribution in [0.3, 0.4) is 0 Å². The molecule has 1 rings (SSSR count). The van der Waals surface area contributed by atoms with Crippen molar-refractivity contribution in [3.8, 4) is 0 Å². The van der Waals surface area contributed by atoms with Crippen LogP contribution >= 0.6 is 31.9 Å². The van der Waals surface area contributed by atoms with Crippen LogP contribution in [0.25, 0.3) is 10.4 Å². The first-order valence-corrected chi connectivity index (χ1v) is 9.24. The summed E-state index contributed by atoms with van der Waals surface area (Å²) >= 11 is 7.27. The van der Waals surface area contributed by atoms with Crippen molar-refractivity contribution in [1.29, 1.82) is 0 Å². The van der Waals surface area contributed by atoms with Crippen LogP contribution < -0.4 is 0 Å². The fourth-order valence-corrected chi connectivity index (χ4v) is 4.34. The van der Waals surface area contributed by atoms with Gasteiger partial charge in [0.25, 0.3) is 0 Å². The van der Waals surface area contributed by atoms with Gasteiger partial charge in [-0.05, 0) is 58.2 Å². The molecular formula is C15H21Br2N3. The highest BCUT2D eigenvalue weighted by atomic mass is 79.9. The third-order valence-electron chi connectivity index (χ3n) is 3.81. The number of alkyl halides is 2. The second kappa shape index (κ2) is 8.71. The zero-order valence-corrected chi connectivity index (χ0v) is 15.5. The summed E-state index contributed by atoms with van der Waals surface area (Å²) in [6, 6.07) is 0. The average molecular weight is 403 g/mol. The van der Waals surface area contributed by atoms with Crippen LogP contribution in [0.2, 0.25) is 0 Å². The van der Waals surface area contributed by atoms with Crippen LogP contribution in [0.4, 0.5) is 0 Å². The van der Waals surface area contributed by atoms with Crippen molar-refractivity contribution in [3.05, 3.63) is 43.8 Å². The first kappa shape index (κ1) is 17.5. The average Bonchev–Trinajstić information content (AvgIpc) is 2.49. The van der Waals surface area contributed by atoms with Crippen molar-refractivity contribution in [2.75, 3.05) is 0 Å². The van der Waals surface area contributed by atoms with Crippen molar-refractivity contribution in [1.82, 2.24) is 0 Å². The molecule has 0 atom stereocenters. The molecule has 0 aromatic heterocycles. The van der Waals surface area contributed by atoms with Gasteiger partial charge in [0.2, 0.25) is 0 Å². The maximum Gasteiger partial charge on any atom is 0.0516 e. The molecule has 1 aromatic rings. The van der Waals surface area contributed by atoms with Gasteiger partial charge in [-0.3, -0.25) is 0 Å². The molecule has 20 heavy (non-hydrogen) atoms. The molecule has 0 spiro atoms. The van der Waals surface area contributed by atoms with Crippen LogP contribution in [0.15, 0.2) is 5.11 Å². The number of benzene rings is 1. The molecule has 0 saturated carbocycles. The SMILES string of the molecule is CCc1c(CBr)c(CC)c(CN=[N+]=[N-])c(CC)c1CBr. The summed E-state index contributed by atoms with van der Waals surface area (Å²) in [6.45, 7) is 7.01. The first-order valence-electron chi connectivity index (χ1n) is 6.99. The van der Waals surface area contributed by atoms with E-state index >= 15 is 0 Å². The van der Waals surface area contributed by atoms with Crippen molar-refractivity contribution < 1.29 is 0 Å². The third-order valence-corrected chi connectivity index (χ3v) is 4.93. The van der Waals surface area contributed by atoms with E-state index in [2.05, 4.69) is 62.7 Å². The second-order valence-electron chi connectivity index (χ2n) is 4.59. The van der Waals surface area contributed by atoms with Crippen LogP contribution in [-0.4, -0.2) is 0 Å². The lowest BCUT2D eigenvalue weighted by Crippen LogP contribution is -2.11. The van der Waals surface area contributed by atoms with Crippen molar-refractivity contribution in [2.24, 2.45) is 5.11 Å². The van der Waals surface area contributed by atoms with Gasteiger partial charge in [0.05, 0.1) is 6.54 Å². The van der Waals surface area contributed by atoms with Gasteiger partial charge in [0.15, 0.2) is 0 Å². The van der Waals surface area contributed by atoms with Gasteiger partial charge in [-0.25, -0.2) is 0 Å². The van der Waals surface area contributed by atoms with E-state index in [-0.39, 0.29) is 0 Å². The number of hydrogen-bond acceptors (Lipinski definition) is 1. The minimum atomic E-state index is 0.451. The van der Waals surface area contributed by atoms with Gasteiger partial charge in [-0.15, -0.1) is 0 Å². The fourth-order valence-electron chi connectivity index (χ4n) is 2.99. The van der Waals surface area contributed by atoms with E-state index in [0.717, 1.165) is 29.9 Å². The lowest BCUT2D eigenvalue weighted by atomic mass is 9.84. The summed E-state index contributed by atoms with van der Waals surface area (Å²) in [5.41, 5.74) is 16.8. The number of halogens is 2. The maximum absolute atomic E-state index is 8.65. The Morgan fingerprint density at radius 2 is 1.20 bits per heavy atom. The minimum Gasteiger partial charge on any atom is -0.0893 e. The second-order valence-corrected chi connectivity index (χ2v) is 5.71. The Morgan fingerprint density at radius 3 is 1.50 bits per heavy atom. The predicted molar refractivity (Wildman–Crippen MR) is 92.7 cm³/mol. The molecule has 110 valence electrons. The zero-order valence-electron chi connectivity index (χ0n) is 12.3. The lowest BCUT2D eigenvalue weighted by Gasteiger charge is -2.23. The Kier molecular flexibility index (Phi) is 7.63. The molecule has 0 radical (unpaired) electrons. The quantitative estimate of drug-likeness (QED) is 0.233. The monoisotopic (exact) mass is 401 g/mol. The molecule has 0 N–H and O–H groups in total.